The summed E-state index contributed by atoms with van der Waals surface area (Å²) in [6, 6.07) is 6.39. The third-order valence-electron chi connectivity index (χ3n) is 5.03. The summed E-state index contributed by atoms with van der Waals surface area (Å²) < 4.78 is 13.2. The minimum atomic E-state index is -0.273. The van der Waals surface area contributed by atoms with Gasteiger partial charge >= 0.3 is 0 Å². The fourth-order valence-electron chi connectivity index (χ4n) is 3.71. The second-order valence-electron chi connectivity index (χ2n) is 6.73. The Labute approximate surface area is 128 Å². The zero-order valence-corrected chi connectivity index (χ0v) is 12.4. The van der Waals surface area contributed by atoms with Gasteiger partial charge in [-0.15, -0.1) is 0 Å². The van der Waals surface area contributed by atoms with E-state index in [-0.39, 0.29) is 35.4 Å². The van der Waals surface area contributed by atoms with Crippen molar-refractivity contribution in [1.29, 1.82) is 0 Å². The first-order valence-electron chi connectivity index (χ1n) is 7.94. The van der Waals surface area contributed by atoms with Crippen LogP contribution in [0, 0.1) is 23.6 Å². The third kappa shape index (κ3) is 2.38. The Bertz CT molecular complexity index is 629. The van der Waals surface area contributed by atoms with Crippen LogP contribution < -0.4 is 0 Å². The molecule has 2 atom stereocenters. The molecule has 2 aliphatic heterocycles. The third-order valence-corrected chi connectivity index (χ3v) is 5.03. The van der Waals surface area contributed by atoms with Gasteiger partial charge in [-0.1, -0.05) is 12.1 Å². The van der Waals surface area contributed by atoms with Gasteiger partial charge in [0.1, 0.15) is 5.82 Å². The molecule has 1 saturated carbocycles. The van der Waals surface area contributed by atoms with Crippen LogP contribution >= 0.6 is 0 Å². The number of halogens is 1. The molecule has 0 N–H and O–H groups in total. The first kappa shape index (κ1) is 13.7. The molecule has 1 aromatic carbocycles. The lowest BCUT2D eigenvalue weighted by molar-refractivity contribution is -0.134. The Balaban J connectivity index is 1.41. The predicted molar refractivity (Wildman–Crippen MR) is 78.1 cm³/mol. The molecule has 1 aromatic rings. The van der Waals surface area contributed by atoms with E-state index in [1.54, 1.807) is 6.07 Å². The van der Waals surface area contributed by atoms with Crippen molar-refractivity contribution in [2.75, 3.05) is 19.6 Å². The van der Waals surface area contributed by atoms with E-state index in [0.717, 1.165) is 18.4 Å². The minimum absolute atomic E-state index is 0.0590. The highest BCUT2D eigenvalue weighted by Gasteiger charge is 2.48. The summed E-state index contributed by atoms with van der Waals surface area (Å²) in [5.41, 5.74) is 0.819. The fraction of sp³-hybridized carbons (Fsp3) is 0.529. The number of hydrogen-bond acceptors (Lipinski definition) is 2. The Morgan fingerprint density at radius 1 is 1.23 bits per heavy atom. The SMILES string of the molecule is O=C(C1CC1)N1C[C@H]2CN(Cc3cccc(F)c3)C(=O)[C@H]2C1. The normalized spacial score (nSPS) is 27.4. The zero-order chi connectivity index (χ0) is 15.3. The predicted octanol–water partition coefficient (Wildman–Crippen LogP) is 1.65. The summed E-state index contributed by atoms with van der Waals surface area (Å²) in [5.74, 6) is 0.474. The van der Waals surface area contributed by atoms with Gasteiger partial charge in [-0.25, -0.2) is 4.39 Å². The fourth-order valence-corrected chi connectivity index (χ4v) is 3.71. The number of amides is 2. The smallest absolute Gasteiger partial charge is 0.228 e. The van der Waals surface area contributed by atoms with Crippen molar-refractivity contribution in [3.05, 3.63) is 35.6 Å². The molecule has 3 aliphatic rings. The summed E-state index contributed by atoms with van der Waals surface area (Å²) in [7, 11) is 0. The molecule has 2 saturated heterocycles. The number of benzene rings is 1. The van der Waals surface area contributed by atoms with E-state index in [4.69, 9.17) is 0 Å². The molecule has 5 heteroatoms. The summed E-state index contributed by atoms with van der Waals surface area (Å²) in [4.78, 5) is 28.3. The minimum Gasteiger partial charge on any atom is -0.341 e. The lowest BCUT2D eigenvalue weighted by Gasteiger charge is -2.22. The van der Waals surface area contributed by atoms with Gasteiger partial charge in [0.15, 0.2) is 0 Å². The molecule has 0 radical (unpaired) electrons. The summed E-state index contributed by atoms with van der Waals surface area (Å²) >= 11 is 0. The van der Waals surface area contributed by atoms with Gasteiger partial charge in [0.05, 0.1) is 5.92 Å². The molecule has 2 amide bonds. The molecule has 3 fully saturated rings. The number of hydrogen-bond donors (Lipinski definition) is 0. The van der Waals surface area contributed by atoms with E-state index in [1.807, 2.05) is 15.9 Å². The molecule has 2 heterocycles. The summed E-state index contributed by atoms with van der Waals surface area (Å²) in [6.45, 7) is 2.40. The molecule has 116 valence electrons. The molecule has 0 aromatic heterocycles. The first-order valence-corrected chi connectivity index (χ1v) is 7.94. The van der Waals surface area contributed by atoms with Crippen molar-refractivity contribution in [3.8, 4) is 0 Å². The average molecular weight is 302 g/mol. The zero-order valence-electron chi connectivity index (χ0n) is 12.4. The Morgan fingerprint density at radius 2 is 2.05 bits per heavy atom. The van der Waals surface area contributed by atoms with Gasteiger partial charge in [0.25, 0.3) is 0 Å². The topological polar surface area (TPSA) is 40.6 Å². The summed E-state index contributed by atoms with van der Waals surface area (Å²) in [6.07, 6.45) is 2.01. The van der Waals surface area contributed by atoms with Crippen LogP contribution in [-0.4, -0.2) is 41.2 Å². The number of likely N-dealkylation sites (tertiary alicyclic amines) is 2. The van der Waals surface area contributed by atoms with Crippen molar-refractivity contribution in [1.82, 2.24) is 9.80 Å². The van der Waals surface area contributed by atoms with Crippen LogP contribution in [0.3, 0.4) is 0 Å². The maximum atomic E-state index is 13.2. The van der Waals surface area contributed by atoms with Crippen LogP contribution in [0.1, 0.15) is 18.4 Å². The van der Waals surface area contributed by atoms with Crippen molar-refractivity contribution in [2.24, 2.45) is 17.8 Å². The van der Waals surface area contributed by atoms with Crippen LogP contribution in [-0.2, 0) is 16.1 Å². The van der Waals surface area contributed by atoms with Gasteiger partial charge < -0.3 is 9.80 Å². The molecule has 22 heavy (non-hydrogen) atoms. The molecule has 0 bridgehead atoms. The molecular weight excluding hydrogens is 283 g/mol. The van der Waals surface area contributed by atoms with Crippen molar-refractivity contribution in [3.63, 3.8) is 0 Å². The van der Waals surface area contributed by atoms with Gasteiger partial charge in [0.2, 0.25) is 11.8 Å². The highest BCUT2D eigenvalue weighted by molar-refractivity contribution is 5.86. The maximum Gasteiger partial charge on any atom is 0.228 e. The first-order chi connectivity index (χ1) is 10.6. The Kier molecular flexibility index (Phi) is 3.17. The van der Waals surface area contributed by atoms with E-state index < -0.39 is 0 Å². The molecular formula is C17H19FN2O2. The number of rotatable bonds is 3. The lowest BCUT2D eigenvalue weighted by Crippen LogP contribution is -2.36. The number of carbonyl (C=O) groups excluding carboxylic acids is 2. The number of fused-ring (bicyclic) bond motifs is 1. The molecule has 0 unspecified atom stereocenters. The van der Waals surface area contributed by atoms with E-state index >= 15 is 0 Å². The van der Waals surface area contributed by atoms with Gasteiger partial charge in [-0.05, 0) is 30.5 Å². The number of carbonyl (C=O) groups is 2. The van der Waals surface area contributed by atoms with Gasteiger partial charge in [-0.2, -0.15) is 0 Å². The van der Waals surface area contributed by atoms with Crippen LogP contribution in [0.2, 0.25) is 0 Å². The molecule has 4 nitrogen and oxygen atoms in total. The van der Waals surface area contributed by atoms with E-state index in [9.17, 15) is 14.0 Å². The standard InChI is InChI=1S/C17H19FN2O2/c18-14-3-1-2-11(6-14)7-19-8-13-9-20(10-15(13)17(19)22)16(21)12-4-5-12/h1-3,6,12-13,15H,4-5,7-10H2/t13-,15+/m1/s1. The Morgan fingerprint density at radius 3 is 2.73 bits per heavy atom. The molecule has 0 spiro atoms. The van der Waals surface area contributed by atoms with Crippen LogP contribution in [0.25, 0.3) is 0 Å². The second kappa shape index (κ2) is 5.07. The monoisotopic (exact) mass is 302 g/mol. The second-order valence-corrected chi connectivity index (χ2v) is 6.73. The molecule has 4 rings (SSSR count). The van der Waals surface area contributed by atoms with Crippen molar-refractivity contribution < 1.29 is 14.0 Å². The van der Waals surface area contributed by atoms with Gasteiger partial charge in [-0.3, -0.25) is 9.59 Å². The van der Waals surface area contributed by atoms with Crippen LogP contribution in [0.4, 0.5) is 4.39 Å². The average Bonchev–Trinajstić information content (AvgIpc) is 3.19. The largest absolute Gasteiger partial charge is 0.341 e. The van der Waals surface area contributed by atoms with Crippen LogP contribution in [0.15, 0.2) is 24.3 Å². The van der Waals surface area contributed by atoms with E-state index in [1.165, 1.54) is 12.1 Å². The highest BCUT2D eigenvalue weighted by atomic mass is 19.1. The van der Waals surface area contributed by atoms with Crippen molar-refractivity contribution in [2.45, 2.75) is 19.4 Å². The lowest BCUT2D eigenvalue weighted by atomic mass is 10.0. The molecule has 1 aliphatic carbocycles. The van der Waals surface area contributed by atoms with Gasteiger partial charge in [0, 0.05) is 38.0 Å². The van der Waals surface area contributed by atoms with E-state index in [0.29, 0.717) is 26.2 Å². The Hall–Kier alpha value is -1.91. The number of nitrogens with zero attached hydrogens (tertiary/aromatic N) is 2. The quantitative estimate of drug-likeness (QED) is 0.852. The summed E-state index contributed by atoms with van der Waals surface area (Å²) in [5, 5.41) is 0. The highest BCUT2D eigenvalue weighted by Crippen LogP contribution is 2.37. The van der Waals surface area contributed by atoms with Crippen molar-refractivity contribution >= 4 is 11.8 Å². The van der Waals surface area contributed by atoms with Crippen LogP contribution in [0.5, 0.6) is 0 Å². The maximum absolute atomic E-state index is 13.2. The van der Waals surface area contributed by atoms with E-state index in [2.05, 4.69) is 0 Å².